The SMILES string of the molecule is CCOC(=O)c1cnc(-c2cnc3ccc(F)cn23)nc1NCc1ccc(F)cn1. The Hall–Kier alpha value is -3.95. The Balaban J connectivity index is 1.72. The molecule has 10 heteroatoms. The van der Waals surface area contributed by atoms with Gasteiger partial charge in [-0.1, -0.05) is 0 Å². The molecule has 0 aliphatic carbocycles. The van der Waals surface area contributed by atoms with Crippen LogP contribution in [0.15, 0.2) is 49.1 Å². The Morgan fingerprint density at radius 1 is 1.07 bits per heavy atom. The summed E-state index contributed by atoms with van der Waals surface area (Å²) in [6, 6.07) is 5.64. The topological polar surface area (TPSA) is 94.3 Å². The lowest BCUT2D eigenvalue weighted by atomic mass is 10.2. The van der Waals surface area contributed by atoms with Crippen molar-refractivity contribution in [3.8, 4) is 11.5 Å². The number of pyridine rings is 2. The van der Waals surface area contributed by atoms with E-state index < -0.39 is 17.6 Å². The lowest BCUT2D eigenvalue weighted by Crippen LogP contribution is -2.13. The summed E-state index contributed by atoms with van der Waals surface area (Å²) in [4.78, 5) is 29.1. The highest BCUT2D eigenvalue weighted by atomic mass is 19.1. The molecule has 0 unspecified atom stereocenters. The fourth-order valence-electron chi connectivity index (χ4n) is 2.80. The van der Waals surface area contributed by atoms with Gasteiger partial charge < -0.3 is 10.1 Å². The minimum Gasteiger partial charge on any atom is -0.462 e. The van der Waals surface area contributed by atoms with E-state index in [4.69, 9.17) is 4.74 Å². The van der Waals surface area contributed by atoms with Crippen molar-refractivity contribution in [1.29, 1.82) is 0 Å². The smallest absolute Gasteiger partial charge is 0.343 e. The van der Waals surface area contributed by atoms with E-state index in [1.807, 2.05) is 0 Å². The third kappa shape index (κ3) is 3.93. The van der Waals surface area contributed by atoms with E-state index in [1.54, 1.807) is 6.92 Å². The van der Waals surface area contributed by atoms with Gasteiger partial charge in [-0.25, -0.2) is 28.5 Å². The summed E-state index contributed by atoms with van der Waals surface area (Å²) < 4.78 is 33.3. The maximum atomic E-state index is 13.7. The van der Waals surface area contributed by atoms with Gasteiger partial charge in [0.1, 0.15) is 34.4 Å². The number of hydrogen-bond acceptors (Lipinski definition) is 7. The number of halogens is 2. The zero-order valence-electron chi connectivity index (χ0n) is 15.8. The van der Waals surface area contributed by atoms with Crippen LogP contribution in [0, 0.1) is 11.6 Å². The highest BCUT2D eigenvalue weighted by Crippen LogP contribution is 2.22. The number of anilines is 1. The first kappa shape index (κ1) is 19.4. The first-order chi connectivity index (χ1) is 14.5. The highest BCUT2D eigenvalue weighted by Gasteiger charge is 2.18. The third-order valence-electron chi connectivity index (χ3n) is 4.21. The summed E-state index contributed by atoms with van der Waals surface area (Å²) in [7, 11) is 0. The number of esters is 1. The summed E-state index contributed by atoms with van der Waals surface area (Å²) >= 11 is 0. The summed E-state index contributed by atoms with van der Waals surface area (Å²) in [5.74, 6) is -1.05. The van der Waals surface area contributed by atoms with Gasteiger partial charge in [0.05, 0.1) is 31.2 Å². The van der Waals surface area contributed by atoms with Crippen molar-refractivity contribution >= 4 is 17.4 Å². The van der Waals surface area contributed by atoms with Crippen molar-refractivity contribution in [2.45, 2.75) is 13.5 Å². The van der Waals surface area contributed by atoms with Crippen molar-refractivity contribution in [3.63, 3.8) is 0 Å². The molecule has 0 aromatic carbocycles. The van der Waals surface area contributed by atoms with E-state index in [0.717, 1.165) is 6.20 Å². The van der Waals surface area contributed by atoms with Crippen LogP contribution in [0.4, 0.5) is 14.6 Å². The molecular weight excluding hydrogens is 394 g/mol. The van der Waals surface area contributed by atoms with Crippen LogP contribution in [-0.4, -0.2) is 36.9 Å². The van der Waals surface area contributed by atoms with E-state index in [-0.39, 0.29) is 30.4 Å². The van der Waals surface area contributed by atoms with Gasteiger partial charge in [-0.2, -0.15) is 0 Å². The molecule has 0 atom stereocenters. The van der Waals surface area contributed by atoms with E-state index in [9.17, 15) is 13.6 Å². The van der Waals surface area contributed by atoms with Gasteiger partial charge in [0.2, 0.25) is 0 Å². The minimum absolute atomic E-state index is 0.128. The molecule has 0 bridgehead atoms. The molecule has 0 fully saturated rings. The predicted octanol–water partition coefficient (Wildman–Crippen LogP) is 3.25. The minimum atomic E-state index is -0.595. The summed E-state index contributed by atoms with van der Waals surface area (Å²) in [6.07, 6.45) is 5.22. The monoisotopic (exact) mass is 410 g/mol. The number of hydrogen-bond donors (Lipinski definition) is 1. The van der Waals surface area contributed by atoms with Gasteiger partial charge in [0, 0.05) is 12.4 Å². The Labute approximate surface area is 169 Å². The molecule has 152 valence electrons. The largest absolute Gasteiger partial charge is 0.462 e. The van der Waals surface area contributed by atoms with Gasteiger partial charge in [0.25, 0.3) is 0 Å². The molecule has 0 saturated heterocycles. The van der Waals surface area contributed by atoms with Crippen LogP contribution in [0.2, 0.25) is 0 Å². The van der Waals surface area contributed by atoms with Gasteiger partial charge >= 0.3 is 5.97 Å². The second-order valence-corrected chi connectivity index (χ2v) is 6.22. The summed E-state index contributed by atoms with van der Waals surface area (Å²) in [5, 5.41) is 3.01. The number of nitrogens with one attached hydrogen (secondary N) is 1. The number of fused-ring (bicyclic) bond motifs is 1. The van der Waals surface area contributed by atoms with Crippen LogP contribution < -0.4 is 5.32 Å². The summed E-state index contributed by atoms with van der Waals surface area (Å²) in [6.45, 7) is 2.06. The number of ether oxygens (including phenoxy) is 1. The molecule has 0 radical (unpaired) electrons. The second-order valence-electron chi connectivity index (χ2n) is 6.22. The van der Waals surface area contributed by atoms with Gasteiger partial charge in [-0.15, -0.1) is 0 Å². The van der Waals surface area contributed by atoms with Crippen LogP contribution in [0.25, 0.3) is 17.2 Å². The van der Waals surface area contributed by atoms with Crippen molar-refractivity contribution < 1.29 is 18.3 Å². The molecular formula is C20H16F2N6O2. The molecule has 0 spiro atoms. The number of aromatic nitrogens is 5. The maximum absolute atomic E-state index is 13.7. The van der Waals surface area contributed by atoms with E-state index in [0.29, 0.717) is 17.0 Å². The Morgan fingerprint density at radius 2 is 1.90 bits per heavy atom. The Morgan fingerprint density at radius 3 is 2.67 bits per heavy atom. The fourth-order valence-corrected chi connectivity index (χ4v) is 2.80. The fraction of sp³-hybridized carbons (Fsp3) is 0.150. The van der Waals surface area contributed by atoms with Crippen LogP contribution in [-0.2, 0) is 11.3 Å². The molecule has 30 heavy (non-hydrogen) atoms. The first-order valence-corrected chi connectivity index (χ1v) is 9.06. The lowest BCUT2D eigenvalue weighted by Gasteiger charge is -2.11. The molecule has 0 amide bonds. The number of rotatable bonds is 6. The maximum Gasteiger partial charge on any atom is 0.343 e. The van der Waals surface area contributed by atoms with Crippen LogP contribution >= 0.6 is 0 Å². The van der Waals surface area contributed by atoms with Crippen molar-refractivity contribution in [3.05, 3.63) is 71.9 Å². The van der Waals surface area contributed by atoms with E-state index in [1.165, 1.54) is 47.3 Å². The quantitative estimate of drug-likeness (QED) is 0.488. The number of carbonyl (C=O) groups excluding carboxylic acids is 1. The second kappa shape index (κ2) is 8.19. The van der Waals surface area contributed by atoms with E-state index >= 15 is 0 Å². The molecule has 4 aromatic heterocycles. The molecule has 4 heterocycles. The number of imidazole rings is 1. The Kier molecular flexibility index (Phi) is 5.29. The number of carbonyl (C=O) groups is 1. The molecule has 8 nitrogen and oxygen atoms in total. The third-order valence-corrected chi connectivity index (χ3v) is 4.21. The predicted molar refractivity (Wildman–Crippen MR) is 104 cm³/mol. The zero-order valence-corrected chi connectivity index (χ0v) is 15.8. The lowest BCUT2D eigenvalue weighted by molar-refractivity contribution is 0.0526. The zero-order chi connectivity index (χ0) is 21.1. The standard InChI is InChI=1S/C20H16F2N6O2/c1-2-30-20(29)15-9-26-19(16-10-24-17-6-4-13(22)11-28(16)17)27-18(15)25-8-14-5-3-12(21)7-23-14/h3-7,9-11H,2,8H2,1H3,(H,25,26,27). The van der Waals surface area contributed by atoms with Crippen molar-refractivity contribution in [2.24, 2.45) is 0 Å². The van der Waals surface area contributed by atoms with E-state index in [2.05, 4.69) is 25.3 Å². The Bertz CT molecular complexity index is 1210. The normalized spacial score (nSPS) is 10.9. The molecule has 4 aromatic rings. The van der Waals surface area contributed by atoms with Crippen LogP contribution in [0.5, 0.6) is 0 Å². The summed E-state index contributed by atoms with van der Waals surface area (Å²) in [5.41, 5.74) is 1.64. The molecule has 1 N–H and O–H groups in total. The van der Waals surface area contributed by atoms with Crippen molar-refractivity contribution in [1.82, 2.24) is 24.3 Å². The van der Waals surface area contributed by atoms with Crippen molar-refractivity contribution in [2.75, 3.05) is 11.9 Å². The molecule has 0 saturated carbocycles. The highest BCUT2D eigenvalue weighted by molar-refractivity contribution is 5.94. The number of nitrogens with zero attached hydrogens (tertiary/aromatic N) is 5. The molecule has 0 aliphatic heterocycles. The van der Waals surface area contributed by atoms with Crippen LogP contribution in [0.1, 0.15) is 23.0 Å². The first-order valence-electron chi connectivity index (χ1n) is 9.06. The van der Waals surface area contributed by atoms with Crippen LogP contribution in [0.3, 0.4) is 0 Å². The van der Waals surface area contributed by atoms with Gasteiger partial charge in [-0.3, -0.25) is 9.38 Å². The average molecular weight is 410 g/mol. The molecule has 0 aliphatic rings. The van der Waals surface area contributed by atoms with Gasteiger partial charge in [0.15, 0.2) is 5.82 Å². The van der Waals surface area contributed by atoms with Gasteiger partial charge in [-0.05, 0) is 31.2 Å². The average Bonchev–Trinajstić information content (AvgIpc) is 3.16. The molecule has 4 rings (SSSR count).